The number of rotatable bonds is 2. The summed E-state index contributed by atoms with van der Waals surface area (Å²) < 4.78 is 5.77. The van der Waals surface area contributed by atoms with Gasteiger partial charge < -0.3 is 15.5 Å². The summed E-state index contributed by atoms with van der Waals surface area (Å²) in [6.45, 7) is 3.02. The van der Waals surface area contributed by atoms with Crippen LogP contribution in [0.25, 0.3) is 11.1 Å². The van der Waals surface area contributed by atoms with Gasteiger partial charge in [-0.1, -0.05) is 6.07 Å². The van der Waals surface area contributed by atoms with Crippen molar-refractivity contribution in [3.05, 3.63) is 29.7 Å². The lowest BCUT2D eigenvalue weighted by Crippen LogP contribution is -2.33. The molecule has 1 fully saturated rings. The van der Waals surface area contributed by atoms with Gasteiger partial charge in [0, 0.05) is 0 Å². The minimum Gasteiger partial charge on any atom is -0.438 e. The fraction of sp³-hybridized carbons (Fsp3) is 0.385. The molecule has 0 spiro atoms. The first kappa shape index (κ1) is 11.2. The quantitative estimate of drug-likeness (QED) is 0.840. The number of carbonyl (C=O) groups is 1. The van der Waals surface area contributed by atoms with E-state index in [1.807, 2.05) is 6.07 Å². The second-order valence-electron chi connectivity index (χ2n) is 4.90. The van der Waals surface area contributed by atoms with Crippen molar-refractivity contribution in [3.8, 4) is 0 Å². The zero-order chi connectivity index (χ0) is 12.8. The molecule has 18 heavy (non-hydrogen) atoms. The fourth-order valence-corrected chi connectivity index (χ4v) is 2.46. The van der Waals surface area contributed by atoms with Crippen LogP contribution in [0, 0.1) is 0 Å². The number of hydrogen-bond acceptors (Lipinski definition) is 4. The Balaban J connectivity index is 2.16. The molecule has 5 nitrogen and oxygen atoms in total. The van der Waals surface area contributed by atoms with Crippen molar-refractivity contribution in [1.29, 1.82) is 0 Å². The number of fused-ring (bicyclic) bond motifs is 1. The largest absolute Gasteiger partial charge is 0.438 e. The number of amides is 1. The predicted molar refractivity (Wildman–Crippen MR) is 67.1 cm³/mol. The Morgan fingerprint density at radius 2 is 2.39 bits per heavy atom. The molecule has 2 heterocycles. The van der Waals surface area contributed by atoms with Gasteiger partial charge in [0.25, 0.3) is 5.91 Å². The monoisotopic (exact) mass is 245 g/mol. The average Bonchev–Trinajstić information content (AvgIpc) is 2.94. The van der Waals surface area contributed by atoms with Crippen molar-refractivity contribution in [2.24, 2.45) is 5.73 Å². The summed E-state index contributed by atoms with van der Waals surface area (Å²) in [5.41, 5.74) is 6.63. The molecule has 2 aromatic rings. The third-order valence-electron chi connectivity index (χ3n) is 3.52. The van der Waals surface area contributed by atoms with Gasteiger partial charge in [0.15, 0.2) is 5.58 Å². The number of para-hydroxylation sites is 1. The van der Waals surface area contributed by atoms with Crippen molar-refractivity contribution in [2.45, 2.75) is 25.3 Å². The molecule has 1 atom stereocenters. The average molecular weight is 245 g/mol. The molecule has 1 unspecified atom stereocenters. The van der Waals surface area contributed by atoms with Crippen LogP contribution in [-0.4, -0.2) is 17.4 Å². The molecule has 1 amide bonds. The lowest BCUT2D eigenvalue weighted by atomic mass is 10.0. The number of nitrogens with zero attached hydrogens (tertiary/aromatic N) is 1. The maximum atomic E-state index is 11.3. The van der Waals surface area contributed by atoms with Crippen LogP contribution in [0.2, 0.25) is 0 Å². The number of nitrogens with two attached hydrogens (primary N) is 1. The molecule has 0 aliphatic carbocycles. The fourth-order valence-electron chi connectivity index (χ4n) is 2.46. The first-order chi connectivity index (χ1) is 8.60. The Morgan fingerprint density at radius 1 is 1.56 bits per heavy atom. The lowest BCUT2D eigenvalue weighted by molar-refractivity contribution is 0.100. The molecular weight excluding hydrogens is 230 g/mol. The SMILES string of the molecule is CC1(c2nc3cccc(C(N)=O)c3o2)CCCN1. The molecule has 94 valence electrons. The van der Waals surface area contributed by atoms with Crippen molar-refractivity contribution in [3.63, 3.8) is 0 Å². The van der Waals surface area contributed by atoms with E-state index in [-0.39, 0.29) is 5.54 Å². The van der Waals surface area contributed by atoms with Gasteiger partial charge >= 0.3 is 0 Å². The highest BCUT2D eigenvalue weighted by Gasteiger charge is 2.35. The molecule has 1 aliphatic heterocycles. The van der Waals surface area contributed by atoms with Gasteiger partial charge in [0.2, 0.25) is 5.89 Å². The molecule has 0 bridgehead atoms. The number of oxazole rings is 1. The Morgan fingerprint density at radius 3 is 3.06 bits per heavy atom. The number of hydrogen-bond donors (Lipinski definition) is 2. The van der Waals surface area contributed by atoms with Crippen LogP contribution in [-0.2, 0) is 5.54 Å². The van der Waals surface area contributed by atoms with E-state index in [2.05, 4.69) is 17.2 Å². The predicted octanol–water partition coefficient (Wildman–Crippen LogP) is 1.53. The Bertz CT molecular complexity index is 612. The smallest absolute Gasteiger partial charge is 0.252 e. The minimum absolute atomic E-state index is 0.242. The van der Waals surface area contributed by atoms with E-state index < -0.39 is 5.91 Å². The van der Waals surface area contributed by atoms with Crippen LogP contribution in [0.15, 0.2) is 22.6 Å². The summed E-state index contributed by atoms with van der Waals surface area (Å²) >= 11 is 0. The van der Waals surface area contributed by atoms with Gasteiger partial charge in [-0.05, 0) is 38.4 Å². The number of aromatic nitrogens is 1. The zero-order valence-electron chi connectivity index (χ0n) is 10.2. The van der Waals surface area contributed by atoms with Crippen LogP contribution >= 0.6 is 0 Å². The van der Waals surface area contributed by atoms with Crippen LogP contribution in [0.1, 0.15) is 36.0 Å². The van der Waals surface area contributed by atoms with E-state index in [1.54, 1.807) is 12.1 Å². The summed E-state index contributed by atoms with van der Waals surface area (Å²) in [6.07, 6.45) is 2.07. The number of benzene rings is 1. The highest BCUT2D eigenvalue weighted by molar-refractivity contribution is 6.03. The molecule has 0 radical (unpaired) electrons. The molecule has 1 aromatic carbocycles. The van der Waals surface area contributed by atoms with Gasteiger partial charge in [-0.2, -0.15) is 0 Å². The third kappa shape index (κ3) is 1.59. The zero-order valence-corrected chi connectivity index (χ0v) is 10.2. The van der Waals surface area contributed by atoms with Crippen molar-refractivity contribution in [2.75, 3.05) is 6.54 Å². The summed E-state index contributed by atoms with van der Waals surface area (Å²) in [5.74, 6) is 0.136. The first-order valence-corrected chi connectivity index (χ1v) is 6.05. The highest BCUT2D eigenvalue weighted by Crippen LogP contribution is 2.32. The Hall–Kier alpha value is -1.88. The van der Waals surface area contributed by atoms with Crippen LogP contribution in [0.4, 0.5) is 0 Å². The van der Waals surface area contributed by atoms with E-state index in [4.69, 9.17) is 10.2 Å². The Labute approximate surface area is 104 Å². The number of primary amides is 1. The molecule has 5 heteroatoms. The maximum Gasteiger partial charge on any atom is 0.252 e. The van der Waals surface area contributed by atoms with Crippen LogP contribution in [0.3, 0.4) is 0 Å². The normalized spacial score (nSPS) is 23.6. The van der Waals surface area contributed by atoms with Crippen LogP contribution < -0.4 is 11.1 Å². The standard InChI is InChI=1S/C13H15N3O2/c1-13(6-3-7-15-13)12-16-9-5-2-4-8(11(14)17)10(9)18-12/h2,4-5,15H,3,6-7H2,1H3,(H2,14,17). The molecule has 0 saturated carbocycles. The van der Waals surface area contributed by atoms with Gasteiger partial charge in [-0.25, -0.2) is 4.98 Å². The van der Waals surface area contributed by atoms with Crippen molar-refractivity contribution in [1.82, 2.24) is 10.3 Å². The lowest BCUT2D eigenvalue weighted by Gasteiger charge is -2.19. The van der Waals surface area contributed by atoms with E-state index in [9.17, 15) is 4.79 Å². The van der Waals surface area contributed by atoms with Crippen LogP contribution in [0.5, 0.6) is 0 Å². The van der Waals surface area contributed by atoms with Gasteiger partial charge in [0.05, 0.1) is 11.1 Å². The van der Waals surface area contributed by atoms with E-state index in [1.165, 1.54) is 0 Å². The topological polar surface area (TPSA) is 81.2 Å². The molecule has 3 rings (SSSR count). The molecule has 1 aliphatic rings. The van der Waals surface area contributed by atoms with Gasteiger partial charge in [-0.15, -0.1) is 0 Å². The minimum atomic E-state index is -0.493. The maximum absolute atomic E-state index is 11.3. The second kappa shape index (κ2) is 3.81. The molecule has 1 aromatic heterocycles. The van der Waals surface area contributed by atoms with Gasteiger partial charge in [0.1, 0.15) is 5.52 Å². The molecule has 3 N–H and O–H groups in total. The molecule has 1 saturated heterocycles. The van der Waals surface area contributed by atoms with Gasteiger partial charge in [-0.3, -0.25) is 4.79 Å². The summed E-state index contributed by atoms with van der Waals surface area (Å²) in [7, 11) is 0. The second-order valence-corrected chi connectivity index (χ2v) is 4.90. The van der Waals surface area contributed by atoms with E-state index in [0.717, 1.165) is 19.4 Å². The Kier molecular flexibility index (Phi) is 2.38. The van der Waals surface area contributed by atoms with Crippen molar-refractivity contribution >= 4 is 17.0 Å². The summed E-state index contributed by atoms with van der Waals surface area (Å²) in [5, 5.41) is 3.39. The van der Waals surface area contributed by atoms with Crippen molar-refractivity contribution < 1.29 is 9.21 Å². The molecular formula is C13H15N3O2. The van der Waals surface area contributed by atoms with E-state index in [0.29, 0.717) is 22.6 Å². The number of nitrogens with one attached hydrogen (secondary N) is 1. The third-order valence-corrected chi connectivity index (χ3v) is 3.52. The summed E-state index contributed by atoms with van der Waals surface area (Å²) in [4.78, 5) is 15.8. The first-order valence-electron chi connectivity index (χ1n) is 6.05. The van der Waals surface area contributed by atoms with E-state index >= 15 is 0 Å². The highest BCUT2D eigenvalue weighted by atomic mass is 16.4. The number of carbonyl (C=O) groups excluding carboxylic acids is 1. The summed E-state index contributed by atoms with van der Waals surface area (Å²) in [6, 6.07) is 5.25.